The van der Waals surface area contributed by atoms with Crippen LogP contribution in [0.25, 0.3) is 0 Å². The molecule has 0 spiro atoms. The normalized spacial score (nSPS) is 22.4. The molecule has 134 valence electrons. The van der Waals surface area contributed by atoms with Crippen molar-refractivity contribution in [3.05, 3.63) is 33.3 Å². The molecule has 2 fully saturated rings. The van der Waals surface area contributed by atoms with Gasteiger partial charge in [0.25, 0.3) is 5.91 Å². The molecule has 25 heavy (non-hydrogen) atoms. The first-order chi connectivity index (χ1) is 12.0. The lowest BCUT2D eigenvalue weighted by molar-refractivity contribution is -0.119. The molecule has 0 radical (unpaired) electrons. The maximum atomic E-state index is 12.1. The summed E-state index contributed by atoms with van der Waals surface area (Å²) in [5.41, 5.74) is 0.315. The average Bonchev–Trinajstić information content (AvgIpc) is 3.03. The van der Waals surface area contributed by atoms with E-state index in [0.29, 0.717) is 10.6 Å². The lowest BCUT2D eigenvalue weighted by Gasteiger charge is -2.22. The van der Waals surface area contributed by atoms with E-state index in [1.54, 1.807) is 18.2 Å². The van der Waals surface area contributed by atoms with Crippen molar-refractivity contribution in [1.29, 1.82) is 0 Å². The Morgan fingerprint density at radius 1 is 1.20 bits per heavy atom. The first-order valence-electron chi connectivity index (χ1n) is 8.34. The summed E-state index contributed by atoms with van der Waals surface area (Å²) >= 11 is 9.29. The highest BCUT2D eigenvalue weighted by Crippen LogP contribution is 2.29. The zero-order valence-electron chi connectivity index (χ0n) is 13.6. The van der Waals surface area contributed by atoms with Crippen molar-refractivity contribution in [3.63, 3.8) is 0 Å². The molecule has 2 unspecified atom stereocenters. The Bertz CT molecular complexity index is 649. The second-order valence-corrected chi connectivity index (χ2v) is 7.50. The SMILES string of the molecule is O=C(CNC(=O)c1cc(Br)ccc1Cl)NCB1OC2CCCCC2O1. The lowest BCUT2D eigenvalue weighted by Crippen LogP contribution is -2.42. The molecule has 6 nitrogen and oxygen atoms in total. The summed E-state index contributed by atoms with van der Waals surface area (Å²) < 4.78 is 12.3. The van der Waals surface area contributed by atoms with E-state index in [9.17, 15) is 9.59 Å². The second-order valence-electron chi connectivity index (χ2n) is 6.17. The van der Waals surface area contributed by atoms with Crippen LogP contribution in [0.2, 0.25) is 5.02 Å². The van der Waals surface area contributed by atoms with E-state index in [0.717, 1.165) is 30.2 Å². The number of benzene rings is 1. The van der Waals surface area contributed by atoms with Gasteiger partial charge < -0.3 is 19.9 Å². The minimum atomic E-state index is -0.410. The molecule has 0 aromatic heterocycles. The fraction of sp³-hybridized carbons (Fsp3) is 0.500. The first-order valence-corrected chi connectivity index (χ1v) is 9.51. The highest BCUT2D eigenvalue weighted by molar-refractivity contribution is 9.10. The van der Waals surface area contributed by atoms with Crippen LogP contribution in [0.5, 0.6) is 0 Å². The number of rotatable bonds is 5. The summed E-state index contributed by atoms with van der Waals surface area (Å²) in [6.45, 7) is -0.138. The van der Waals surface area contributed by atoms with Crippen molar-refractivity contribution in [2.75, 3.05) is 13.0 Å². The Balaban J connectivity index is 1.41. The van der Waals surface area contributed by atoms with Gasteiger partial charge in [0.2, 0.25) is 5.91 Å². The largest absolute Gasteiger partial charge is 0.478 e. The van der Waals surface area contributed by atoms with Gasteiger partial charge in [-0.3, -0.25) is 9.59 Å². The van der Waals surface area contributed by atoms with Crippen LogP contribution in [-0.4, -0.2) is 44.1 Å². The third-order valence-corrected chi connectivity index (χ3v) is 5.17. The maximum Gasteiger partial charge on any atom is 0.478 e. The third-order valence-electron chi connectivity index (χ3n) is 4.34. The van der Waals surface area contributed by atoms with Gasteiger partial charge in [-0.25, -0.2) is 0 Å². The summed E-state index contributed by atoms with van der Waals surface area (Å²) in [6.07, 6.45) is 4.92. The fourth-order valence-corrected chi connectivity index (χ4v) is 3.64. The van der Waals surface area contributed by atoms with Crippen LogP contribution in [0.1, 0.15) is 36.0 Å². The van der Waals surface area contributed by atoms with E-state index in [-0.39, 0.29) is 31.1 Å². The predicted octanol–water partition coefficient (Wildman–Crippen LogP) is 2.33. The van der Waals surface area contributed by atoms with Crippen LogP contribution in [0, 0.1) is 0 Å². The van der Waals surface area contributed by atoms with E-state index in [2.05, 4.69) is 26.6 Å². The van der Waals surface area contributed by atoms with Gasteiger partial charge in [-0.05, 0) is 31.0 Å². The monoisotopic (exact) mass is 428 g/mol. The predicted molar refractivity (Wildman–Crippen MR) is 98.5 cm³/mol. The number of hydrogen-bond acceptors (Lipinski definition) is 4. The Kier molecular flexibility index (Phi) is 6.38. The smallest absolute Gasteiger partial charge is 0.405 e. The summed E-state index contributed by atoms with van der Waals surface area (Å²) in [4.78, 5) is 24.0. The molecule has 2 N–H and O–H groups in total. The van der Waals surface area contributed by atoms with Crippen molar-refractivity contribution in [3.8, 4) is 0 Å². The molecule has 3 rings (SSSR count). The van der Waals surface area contributed by atoms with Crippen LogP contribution in [0.3, 0.4) is 0 Å². The summed E-state index contributed by atoms with van der Waals surface area (Å²) in [5, 5.41) is 5.61. The molecule has 9 heteroatoms. The van der Waals surface area contributed by atoms with Crippen molar-refractivity contribution >= 4 is 46.5 Å². The zero-order chi connectivity index (χ0) is 17.8. The van der Waals surface area contributed by atoms with Gasteiger partial charge in [0.05, 0.1) is 35.8 Å². The van der Waals surface area contributed by atoms with E-state index in [1.165, 1.54) is 0 Å². The lowest BCUT2D eigenvalue weighted by atomic mass is 9.91. The molecule has 1 saturated carbocycles. The number of amides is 2. The first kappa shape index (κ1) is 18.7. The van der Waals surface area contributed by atoms with E-state index in [4.69, 9.17) is 20.9 Å². The maximum absolute atomic E-state index is 12.1. The molecule has 1 aromatic carbocycles. The average molecular weight is 430 g/mol. The Labute approximate surface area is 160 Å². The number of fused-ring (bicyclic) bond motifs is 1. The molecule has 1 heterocycles. The Hall–Kier alpha value is -1.09. The molecular weight excluding hydrogens is 410 g/mol. The van der Waals surface area contributed by atoms with Crippen LogP contribution in [-0.2, 0) is 14.1 Å². The minimum absolute atomic E-state index is 0.138. The molecule has 1 aliphatic carbocycles. The summed E-state index contributed by atoms with van der Waals surface area (Å²) in [6, 6.07) is 4.97. The number of hydrogen-bond donors (Lipinski definition) is 2. The van der Waals surface area contributed by atoms with Crippen molar-refractivity contribution in [2.45, 2.75) is 37.9 Å². The van der Waals surface area contributed by atoms with Gasteiger partial charge in [-0.1, -0.05) is 40.4 Å². The molecule has 0 bridgehead atoms. The van der Waals surface area contributed by atoms with Crippen LogP contribution in [0.15, 0.2) is 22.7 Å². The van der Waals surface area contributed by atoms with E-state index < -0.39 is 13.0 Å². The molecular formula is C16H19BBrClN2O4. The van der Waals surface area contributed by atoms with Gasteiger partial charge in [0.1, 0.15) is 0 Å². The van der Waals surface area contributed by atoms with Crippen molar-refractivity contribution < 1.29 is 18.9 Å². The van der Waals surface area contributed by atoms with Crippen LogP contribution >= 0.6 is 27.5 Å². The van der Waals surface area contributed by atoms with Gasteiger partial charge in [-0.2, -0.15) is 0 Å². The van der Waals surface area contributed by atoms with E-state index >= 15 is 0 Å². The Morgan fingerprint density at radius 2 is 1.88 bits per heavy atom. The van der Waals surface area contributed by atoms with Crippen molar-refractivity contribution in [1.82, 2.24) is 10.6 Å². The highest BCUT2D eigenvalue weighted by atomic mass is 79.9. The number of nitrogens with one attached hydrogen (secondary N) is 2. The second kappa shape index (κ2) is 8.53. The van der Waals surface area contributed by atoms with E-state index in [1.807, 2.05) is 0 Å². The van der Waals surface area contributed by atoms with Crippen LogP contribution in [0.4, 0.5) is 0 Å². The summed E-state index contributed by atoms with van der Waals surface area (Å²) in [7, 11) is -0.410. The third kappa shape index (κ3) is 4.97. The number of carbonyl (C=O) groups is 2. The number of carbonyl (C=O) groups excluding carboxylic acids is 2. The molecule has 1 saturated heterocycles. The van der Waals surface area contributed by atoms with Gasteiger partial charge in [-0.15, -0.1) is 0 Å². The Morgan fingerprint density at radius 3 is 2.56 bits per heavy atom. The van der Waals surface area contributed by atoms with Gasteiger partial charge in [0, 0.05) is 4.47 Å². The molecule has 2 amide bonds. The van der Waals surface area contributed by atoms with Crippen LogP contribution < -0.4 is 10.6 Å². The topological polar surface area (TPSA) is 76.7 Å². The summed E-state index contributed by atoms with van der Waals surface area (Å²) in [5.74, 6) is -0.706. The highest BCUT2D eigenvalue weighted by Gasteiger charge is 2.40. The standard InChI is InChI=1S/C16H19BBrClN2O4/c18-10-5-6-12(19)11(7-10)16(23)20-8-15(22)21-9-17-24-13-3-1-2-4-14(13)25-17/h5-7,13-14H,1-4,8-9H2,(H,20,23)(H,21,22). The van der Waals surface area contributed by atoms with Gasteiger partial charge in [0.15, 0.2) is 0 Å². The molecule has 1 aromatic rings. The van der Waals surface area contributed by atoms with Gasteiger partial charge >= 0.3 is 7.12 Å². The molecule has 1 aliphatic heterocycles. The number of halogens is 2. The molecule has 2 aliphatic rings. The molecule has 2 atom stereocenters. The quantitative estimate of drug-likeness (QED) is 0.705. The minimum Gasteiger partial charge on any atom is -0.405 e. The van der Waals surface area contributed by atoms with Crippen molar-refractivity contribution in [2.24, 2.45) is 0 Å². The fourth-order valence-electron chi connectivity index (χ4n) is 3.08. The zero-order valence-corrected chi connectivity index (χ0v) is 15.9.